The van der Waals surface area contributed by atoms with E-state index in [9.17, 15) is 0 Å². The number of aromatic nitrogens is 4. The molecule has 0 spiro atoms. The fourth-order valence-electron chi connectivity index (χ4n) is 0.873. The lowest BCUT2D eigenvalue weighted by Crippen LogP contribution is -1.92. The van der Waals surface area contributed by atoms with Crippen LogP contribution in [0, 0.1) is 0 Å². The molecule has 0 aromatic carbocycles. The van der Waals surface area contributed by atoms with Gasteiger partial charge in [-0.05, 0) is 0 Å². The molecule has 0 bridgehead atoms. The largest absolute Gasteiger partial charge is 0.481 e. The Morgan fingerprint density at radius 1 is 1.50 bits per heavy atom. The van der Waals surface area contributed by atoms with Crippen molar-refractivity contribution in [1.82, 2.24) is 19.6 Å². The lowest BCUT2D eigenvalue weighted by atomic mass is 10.6. The molecular weight excluding hydrogens is 176 g/mol. The van der Waals surface area contributed by atoms with Crippen LogP contribution in [0.3, 0.4) is 0 Å². The van der Waals surface area contributed by atoms with Crippen LogP contribution in [-0.4, -0.2) is 26.7 Å². The Kier molecular flexibility index (Phi) is 1.61. The van der Waals surface area contributed by atoms with Gasteiger partial charge >= 0.3 is 0 Å². The molecule has 0 amide bonds. The molecule has 62 valence electrons. The standard InChI is InChI=1S/C6H6N4OS/c1-11-4-2-3-10-5(7-4)8-9-6(10)12/h2-3H,1H3,(H,9,12). The first-order chi connectivity index (χ1) is 5.81. The summed E-state index contributed by atoms with van der Waals surface area (Å²) in [4.78, 5) is 4.03. The Morgan fingerprint density at radius 3 is 3.08 bits per heavy atom. The van der Waals surface area contributed by atoms with E-state index >= 15 is 0 Å². The maximum Gasteiger partial charge on any atom is 0.258 e. The second kappa shape index (κ2) is 2.63. The van der Waals surface area contributed by atoms with Gasteiger partial charge in [0.2, 0.25) is 5.88 Å². The number of ether oxygens (including phenoxy) is 1. The predicted molar refractivity (Wildman–Crippen MR) is 44.6 cm³/mol. The Bertz CT molecular complexity index is 413. The molecule has 0 fully saturated rings. The van der Waals surface area contributed by atoms with Crippen LogP contribution in [0.4, 0.5) is 0 Å². The fourth-order valence-corrected chi connectivity index (χ4v) is 1.07. The van der Waals surface area contributed by atoms with Crippen LogP contribution < -0.4 is 4.74 Å². The summed E-state index contributed by atoms with van der Waals surface area (Å²) in [6.07, 6.45) is 1.75. The second-order valence-electron chi connectivity index (χ2n) is 2.14. The van der Waals surface area contributed by atoms with Crippen LogP contribution >= 0.6 is 12.6 Å². The molecule has 2 heterocycles. The van der Waals surface area contributed by atoms with Crippen molar-refractivity contribution in [3.63, 3.8) is 0 Å². The molecule has 0 unspecified atom stereocenters. The Morgan fingerprint density at radius 2 is 2.33 bits per heavy atom. The number of hydrogen-bond donors (Lipinski definition) is 1. The van der Waals surface area contributed by atoms with Gasteiger partial charge in [-0.25, -0.2) is 0 Å². The van der Waals surface area contributed by atoms with Gasteiger partial charge in [-0.2, -0.15) is 4.98 Å². The maximum atomic E-state index is 4.91. The minimum Gasteiger partial charge on any atom is -0.481 e. The van der Waals surface area contributed by atoms with E-state index in [1.807, 2.05) is 0 Å². The van der Waals surface area contributed by atoms with Gasteiger partial charge in [0, 0.05) is 12.3 Å². The van der Waals surface area contributed by atoms with E-state index in [1.54, 1.807) is 23.8 Å². The monoisotopic (exact) mass is 182 g/mol. The lowest BCUT2D eigenvalue weighted by molar-refractivity contribution is 0.398. The summed E-state index contributed by atoms with van der Waals surface area (Å²) < 4.78 is 6.57. The van der Waals surface area contributed by atoms with Crippen molar-refractivity contribution < 1.29 is 4.74 Å². The molecule has 0 aliphatic rings. The summed E-state index contributed by atoms with van der Waals surface area (Å²) >= 11 is 4.07. The first-order valence-corrected chi connectivity index (χ1v) is 3.71. The van der Waals surface area contributed by atoms with E-state index in [1.165, 1.54) is 0 Å². The highest BCUT2D eigenvalue weighted by Crippen LogP contribution is 2.09. The number of nitrogens with zero attached hydrogens (tertiary/aromatic N) is 4. The maximum absolute atomic E-state index is 4.91. The molecule has 12 heavy (non-hydrogen) atoms. The summed E-state index contributed by atoms with van der Waals surface area (Å²) in [5.41, 5.74) is 0. The van der Waals surface area contributed by atoms with Crippen LogP contribution in [0.15, 0.2) is 17.4 Å². The van der Waals surface area contributed by atoms with Crippen LogP contribution in [-0.2, 0) is 0 Å². The van der Waals surface area contributed by atoms with Crippen molar-refractivity contribution in [3.8, 4) is 5.88 Å². The third kappa shape index (κ3) is 1.00. The zero-order valence-electron chi connectivity index (χ0n) is 6.30. The molecule has 0 saturated carbocycles. The van der Waals surface area contributed by atoms with Crippen LogP contribution in [0.2, 0.25) is 0 Å². The molecule has 0 atom stereocenters. The van der Waals surface area contributed by atoms with E-state index in [0.717, 1.165) is 0 Å². The third-order valence-corrected chi connectivity index (χ3v) is 1.75. The van der Waals surface area contributed by atoms with Crippen LogP contribution in [0.1, 0.15) is 0 Å². The average molecular weight is 182 g/mol. The topological polar surface area (TPSA) is 52.3 Å². The first-order valence-electron chi connectivity index (χ1n) is 3.26. The first kappa shape index (κ1) is 7.35. The average Bonchev–Trinajstić information content (AvgIpc) is 2.47. The highest BCUT2D eigenvalue weighted by atomic mass is 32.1. The van der Waals surface area contributed by atoms with Gasteiger partial charge in [0.25, 0.3) is 5.78 Å². The predicted octanol–water partition coefficient (Wildman–Crippen LogP) is 0.422. The van der Waals surface area contributed by atoms with Gasteiger partial charge in [0.05, 0.1) is 7.11 Å². The van der Waals surface area contributed by atoms with E-state index in [4.69, 9.17) is 4.74 Å². The third-order valence-electron chi connectivity index (χ3n) is 1.45. The van der Waals surface area contributed by atoms with Crippen molar-refractivity contribution in [2.24, 2.45) is 0 Å². The van der Waals surface area contributed by atoms with Gasteiger partial charge < -0.3 is 4.74 Å². The summed E-state index contributed by atoms with van der Waals surface area (Å²) in [5.74, 6) is 1.00. The highest BCUT2D eigenvalue weighted by Gasteiger charge is 2.02. The summed E-state index contributed by atoms with van der Waals surface area (Å²) in [7, 11) is 1.55. The number of fused-ring (bicyclic) bond motifs is 1. The van der Waals surface area contributed by atoms with E-state index in [-0.39, 0.29) is 0 Å². The zero-order chi connectivity index (χ0) is 8.55. The number of rotatable bonds is 1. The van der Waals surface area contributed by atoms with Crippen molar-refractivity contribution >= 4 is 18.4 Å². The number of hydrogen-bond acceptors (Lipinski definition) is 5. The molecule has 0 aliphatic carbocycles. The zero-order valence-corrected chi connectivity index (χ0v) is 7.19. The van der Waals surface area contributed by atoms with Crippen LogP contribution in [0.25, 0.3) is 5.78 Å². The van der Waals surface area contributed by atoms with Gasteiger partial charge in [-0.1, -0.05) is 0 Å². The van der Waals surface area contributed by atoms with Crippen molar-refractivity contribution in [2.45, 2.75) is 5.16 Å². The smallest absolute Gasteiger partial charge is 0.258 e. The number of thiol groups is 1. The van der Waals surface area contributed by atoms with Crippen LogP contribution in [0.5, 0.6) is 5.88 Å². The van der Waals surface area contributed by atoms with Gasteiger partial charge in [-0.15, -0.1) is 22.8 Å². The molecule has 0 saturated heterocycles. The molecule has 6 heteroatoms. The lowest BCUT2D eigenvalue weighted by Gasteiger charge is -1.97. The Balaban J connectivity index is 2.69. The summed E-state index contributed by atoms with van der Waals surface area (Å²) in [5, 5.41) is 8.02. The van der Waals surface area contributed by atoms with Gasteiger partial charge in [-0.3, -0.25) is 4.40 Å². The molecule has 2 aromatic heterocycles. The van der Waals surface area contributed by atoms with Crippen molar-refractivity contribution in [1.29, 1.82) is 0 Å². The Labute approximate surface area is 73.8 Å². The molecule has 5 nitrogen and oxygen atoms in total. The minimum atomic E-state index is 0.486. The fraction of sp³-hybridized carbons (Fsp3) is 0.167. The molecular formula is C6H6N4OS. The highest BCUT2D eigenvalue weighted by molar-refractivity contribution is 7.80. The van der Waals surface area contributed by atoms with Gasteiger partial charge in [0.15, 0.2) is 5.16 Å². The Hall–Kier alpha value is -1.30. The molecule has 2 aromatic rings. The van der Waals surface area contributed by atoms with E-state index in [2.05, 4.69) is 27.8 Å². The quantitative estimate of drug-likeness (QED) is 0.649. The normalized spacial score (nSPS) is 10.5. The second-order valence-corrected chi connectivity index (χ2v) is 2.54. The number of methoxy groups -OCH3 is 1. The van der Waals surface area contributed by atoms with E-state index in [0.29, 0.717) is 16.8 Å². The minimum absolute atomic E-state index is 0.486. The molecule has 0 N–H and O–H groups in total. The van der Waals surface area contributed by atoms with Crippen molar-refractivity contribution in [2.75, 3.05) is 7.11 Å². The van der Waals surface area contributed by atoms with E-state index < -0.39 is 0 Å². The SMILES string of the molecule is COc1ccn2c(S)nnc2n1. The molecule has 0 radical (unpaired) electrons. The molecule has 0 aliphatic heterocycles. The van der Waals surface area contributed by atoms with Crippen molar-refractivity contribution in [3.05, 3.63) is 12.3 Å². The van der Waals surface area contributed by atoms with Gasteiger partial charge in [0.1, 0.15) is 0 Å². The summed E-state index contributed by atoms with van der Waals surface area (Å²) in [6.45, 7) is 0. The summed E-state index contributed by atoms with van der Waals surface area (Å²) in [6, 6.07) is 1.72. The molecule has 2 rings (SSSR count).